The van der Waals surface area contributed by atoms with Crippen molar-refractivity contribution in [2.75, 3.05) is 11.4 Å². The average molecular weight is 598 g/mol. The van der Waals surface area contributed by atoms with E-state index in [0.717, 1.165) is 41.6 Å². The molecule has 0 aliphatic heterocycles. The van der Waals surface area contributed by atoms with E-state index in [0.29, 0.717) is 25.2 Å². The molecule has 0 bridgehead atoms. The van der Waals surface area contributed by atoms with Gasteiger partial charge in [-0.3, -0.25) is 4.90 Å². The molecule has 0 aromatic heterocycles. The zero-order valence-corrected chi connectivity index (χ0v) is 26.5. The van der Waals surface area contributed by atoms with E-state index in [2.05, 4.69) is 11.6 Å². The van der Waals surface area contributed by atoms with Crippen molar-refractivity contribution in [1.82, 2.24) is 9.62 Å². The molecule has 0 saturated carbocycles. The molecule has 0 aliphatic rings. The highest BCUT2D eigenvalue weighted by molar-refractivity contribution is 7.89. The summed E-state index contributed by atoms with van der Waals surface area (Å²) in [6.45, 7) is 9.21. The van der Waals surface area contributed by atoms with Crippen LogP contribution < -0.4 is 9.62 Å². The summed E-state index contributed by atoms with van der Waals surface area (Å²) >= 11 is 0. The molecule has 6 nitrogen and oxygen atoms in total. The van der Waals surface area contributed by atoms with Crippen LogP contribution in [-0.4, -0.2) is 31.4 Å². The number of unbranched alkanes of at least 4 members (excludes halogenated alkanes) is 2. The van der Waals surface area contributed by atoms with Crippen molar-refractivity contribution in [2.24, 2.45) is 0 Å². The van der Waals surface area contributed by atoms with Crippen LogP contribution in [0.15, 0.2) is 114 Å². The van der Waals surface area contributed by atoms with Crippen LogP contribution in [0.3, 0.4) is 0 Å². The van der Waals surface area contributed by atoms with Crippen LogP contribution in [0.1, 0.15) is 58.1 Å². The zero-order chi connectivity index (χ0) is 30.9. The Morgan fingerprint density at radius 3 is 1.93 bits per heavy atom. The van der Waals surface area contributed by atoms with Gasteiger partial charge < -0.3 is 4.90 Å². The smallest absolute Gasteiger partial charge is 0.320 e. The van der Waals surface area contributed by atoms with E-state index in [1.54, 1.807) is 12.1 Å². The third-order valence-electron chi connectivity index (χ3n) is 7.04. The fraction of sp³-hybridized carbons (Fsp3) is 0.306. The van der Waals surface area contributed by atoms with E-state index in [-0.39, 0.29) is 10.9 Å². The summed E-state index contributed by atoms with van der Waals surface area (Å²) in [5.74, 6) is 0. The SMILES string of the molecule is CCCCCN(Cc1ccc(-c2ccccc2S(=O)(=O)NC(C)(C)C)cc1)C(=O)N(Cc1ccccc1)c1ccccc1. The number of nitrogens with one attached hydrogen (secondary N) is 1. The lowest BCUT2D eigenvalue weighted by Gasteiger charge is -2.31. The lowest BCUT2D eigenvalue weighted by Crippen LogP contribution is -2.43. The van der Waals surface area contributed by atoms with Gasteiger partial charge in [0, 0.05) is 29.9 Å². The third kappa shape index (κ3) is 9.02. The van der Waals surface area contributed by atoms with Crippen LogP contribution in [0, 0.1) is 0 Å². The second-order valence-electron chi connectivity index (χ2n) is 11.9. The maximum absolute atomic E-state index is 14.2. The number of anilines is 1. The van der Waals surface area contributed by atoms with Crippen LogP contribution in [0.25, 0.3) is 11.1 Å². The number of amides is 2. The average Bonchev–Trinajstić information content (AvgIpc) is 2.99. The Bertz CT molecular complexity index is 1570. The van der Waals surface area contributed by atoms with Gasteiger partial charge in [-0.15, -0.1) is 0 Å². The molecule has 0 heterocycles. The number of nitrogens with zero attached hydrogens (tertiary/aromatic N) is 2. The normalized spacial score (nSPS) is 11.7. The summed E-state index contributed by atoms with van der Waals surface area (Å²) in [4.78, 5) is 18.2. The maximum Gasteiger partial charge on any atom is 0.325 e. The molecule has 0 unspecified atom stereocenters. The van der Waals surface area contributed by atoms with Gasteiger partial charge in [0.15, 0.2) is 0 Å². The van der Waals surface area contributed by atoms with E-state index < -0.39 is 15.6 Å². The summed E-state index contributed by atoms with van der Waals surface area (Å²) in [7, 11) is -3.72. The number of carbonyl (C=O) groups excluding carboxylic acids is 1. The molecule has 0 aliphatic carbocycles. The summed E-state index contributed by atoms with van der Waals surface area (Å²) in [5.41, 5.74) is 3.74. The quantitative estimate of drug-likeness (QED) is 0.167. The first-order valence-corrected chi connectivity index (χ1v) is 16.4. The van der Waals surface area contributed by atoms with Crippen molar-refractivity contribution in [2.45, 2.75) is 70.5 Å². The van der Waals surface area contributed by atoms with E-state index in [4.69, 9.17) is 0 Å². The summed E-state index contributed by atoms with van der Waals surface area (Å²) < 4.78 is 29.2. The van der Waals surface area contributed by atoms with Crippen molar-refractivity contribution in [3.63, 3.8) is 0 Å². The molecular weight excluding hydrogens is 554 g/mol. The molecule has 0 atom stereocenters. The summed E-state index contributed by atoms with van der Waals surface area (Å²) in [5, 5.41) is 0. The Kier molecular flexibility index (Phi) is 10.8. The van der Waals surface area contributed by atoms with Crippen molar-refractivity contribution in [3.8, 4) is 11.1 Å². The number of urea groups is 1. The topological polar surface area (TPSA) is 69.7 Å². The first kappa shape index (κ1) is 32.0. The first-order chi connectivity index (χ1) is 20.6. The molecule has 7 heteroatoms. The Morgan fingerprint density at radius 2 is 1.30 bits per heavy atom. The molecule has 1 N–H and O–H groups in total. The number of hydrogen-bond donors (Lipinski definition) is 1. The van der Waals surface area contributed by atoms with Gasteiger partial charge in [-0.2, -0.15) is 0 Å². The molecule has 0 radical (unpaired) electrons. The number of carbonyl (C=O) groups is 1. The minimum atomic E-state index is -3.72. The van der Waals surface area contributed by atoms with Gasteiger partial charge in [-0.05, 0) is 62.1 Å². The third-order valence-corrected chi connectivity index (χ3v) is 8.86. The number of rotatable bonds is 12. The predicted molar refractivity (Wildman–Crippen MR) is 176 cm³/mol. The van der Waals surface area contributed by atoms with E-state index >= 15 is 0 Å². The van der Waals surface area contributed by atoms with E-state index in [9.17, 15) is 13.2 Å². The molecule has 2 amide bonds. The second kappa shape index (κ2) is 14.5. The molecule has 0 fully saturated rings. The van der Waals surface area contributed by atoms with Gasteiger partial charge in [0.1, 0.15) is 0 Å². The lowest BCUT2D eigenvalue weighted by molar-refractivity contribution is 0.200. The molecule has 4 rings (SSSR count). The fourth-order valence-electron chi connectivity index (χ4n) is 5.02. The van der Waals surface area contributed by atoms with Crippen molar-refractivity contribution in [3.05, 3.63) is 120 Å². The lowest BCUT2D eigenvalue weighted by atomic mass is 10.0. The Hall–Kier alpha value is -3.94. The van der Waals surface area contributed by atoms with Crippen molar-refractivity contribution < 1.29 is 13.2 Å². The minimum Gasteiger partial charge on any atom is -0.320 e. The van der Waals surface area contributed by atoms with Gasteiger partial charge in [-0.25, -0.2) is 17.9 Å². The molecular formula is C36H43N3O3S. The number of benzene rings is 4. The second-order valence-corrected chi connectivity index (χ2v) is 13.5. The number of hydrogen-bond acceptors (Lipinski definition) is 3. The Labute approximate surface area is 257 Å². The molecule has 0 spiro atoms. The zero-order valence-electron chi connectivity index (χ0n) is 25.7. The molecule has 4 aromatic carbocycles. The summed E-state index contributed by atoms with van der Waals surface area (Å²) in [6, 6.07) is 34.7. The van der Waals surface area contributed by atoms with Crippen LogP contribution in [0.4, 0.5) is 10.5 Å². The van der Waals surface area contributed by atoms with E-state index in [1.807, 2.05) is 128 Å². The summed E-state index contributed by atoms with van der Waals surface area (Å²) in [6.07, 6.45) is 3.02. The monoisotopic (exact) mass is 597 g/mol. The Morgan fingerprint density at radius 1 is 0.721 bits per heavy atom. The van der Waals surface area contributed by atoms with Crippen LogP contribution in [0.5, 0.6) is 0 Å². The van der Waals surface area contributed by atoms with Gasteiger partial charge in [0.05, 0.1) is 11.4 Å². The van der Waals surface area contributed by atoms with E-state index in [1.165, 1.54) is 0 Å². The van der Waals surface area contributed by atoms with Crippen LogP contribution in [-0.2, 0) is 23.1 Å². The van der Waals surface area contributed by atoms with Crippen molar-refractivity contribution >= 4 is 21.7 Å². The largest absolute Gasteiger partial charge is 0.325 e. The predicted octanol–water partition coefficient (Wildman–Crippen LogP) is 8.25. The number of sulfonamides is 1. The minimum absolute atomic E-state index is 0.0417. The van der Waals surface area contributed by atoms with Crippen LogP contribution in [0.2, 0.25) is 0 Å². The number of para-hydroxylation sites is 1. The van der Waals surface area contributed by atoms with Crippen LogP contribution >= 0.6 is 0 Å². The molecule has 43 heavy (non-hydrogen) atoms. The maximum atomic E-state index is 14.2. The van der Waals surface area contributed by atoms with Gasteiger partial charge in [0.25, 0.3) is 0 Å². The highest BCUT2D eigenvalue weighted by atomic mass is 32.2. The van der Waals surface area contributed by atoms with Gasteiger partial charge in [0.2, 0.25) is 10.0 Å². The molecule has 0 saturated heterocycles. The fourth-order valence-corrected chi connectivity index (χ4v) is 6.67. The molecule has 226 valence electrons. The van der Waals surface area contributed by atoms with Crippen molar-refractivity contribution in [1.29, 1.82) is 0 Å². The van der Waals surface area contributed by atoms with Gasteiger partial charge >= 0.3 is 6.03 Å². The highest BCUT2D eigenvalue weighted by Gasteiger charge is 2.25. The van der Waals surface area contributed by atoms with Gasteiger partial charge in [-0.1, -0.05) is 111 Å². The first-order valence-electron chi connectivity index (χ1n) is 14.9. The molecule has 4 aromatic rings. The standard InChI is InChI=1S/C36H43N3O3S/c1-5-6-15-26-38(35(40)39(32-18-11-8-12-19-32)28-29-16-9-7-10-17-29)27-30-22-24-31(25-23-30)33-20-13-14-21-34(33)43(41,42)37-36(2,3)4/h7-14,16-25,37H,5-6,15,26-28H2,1-4H3. The highest BCUT2D eigenvalue weighted by Crippen LogP contribution is 2.29. The Balaban J connectivity index is 1.61.